The summed E-state index contributed by atoms with van der Waals surface area (Å²) in [6.07, 6.45) is 0. The van der Waals surface area contributed by atoms with Crippen LogP contribution in [0.1, 0.15) is 32.6 Å². The molecule has 104 valence electrons. The maximum atomic E-state index is 9.27. The molecule has 1 heterocycles. The maximum Gasteiger partial charge on any atom is 0.165 e. The number of hydrogen-bond donors (Lipinski definition) is 2. The number of aliphatic hydroxyl groups excluding tert-OH is 2. The van der Waals surface area contributed by atoms with Crippen molar-refractivity contribution in [3.8, 4) is 0 Å². The van der Waals surface area contributed by atoms with Crippen molar-refractivity contribution in [3.05, 3.63) is 5.82 Å². The Morgan fingerprint density at radius 2 is 1.94 bits per heavy atom. The van der Waals surface area contributed by atoms with Crippen LogP contribution in [0, 0.1) is 5.41 Å². The summed E-state index contributed by atoms with van der Waals surface area (Å²) >= 11 is 0. The monoisotopic (exact) mass is 257 g/mol. The molecule has 0 atom stereocenters. The number of tetrazole rings is 1. The standard InChI is InChI=1S/C11H23N5O2/c1-9(2)16-10(12-13-14-16)5-15(4)6-11(3,7-17)8-18/h9,17-18H,5-8H2,1-4H3. The lowest BCUT2D eigenvalue weighted by molar-refractivity contribution is 0.0392. The molecule has 0 aliphatic rings. The van der Waals surface area contributed by atoms with E-state index in [1.54, 1.807) is 4.68 Å². The molecule has 0 fully saturated rings. The Morgan fingerprint density at radius 1 is 1.33 bits per heavy atom. The molecule has 0 saturated carbocycles. The van der Waals surface area contributed by atoms with E-state index in [0.29, 0.717) is 13.1 Å². The van der Waals surface area contributed by atoms with Crippen LogP contribution >= 0.6 is 0 Å². The molecular formula is C11H23N5O2. The van der Waals surface area contributed by atoms with Crippen molar-refractivity contribution in [1.82, 2.24) is 25.1 Å². The lowest BCUT2D eigenvalue weighted by atomic mass is 9.92. The van der Waals surface area contributed by atoms with Crippen LogP contribution in [-0.4, -0.2) is 62.1 Å². The summed E-state index contributed by atoms with van der Waals surface area (Å²) in [6.45, 7) is 6.93. The highest BCUT2D eigenvalue weighted by Gasteiger charge is 2.25. The van der Waals surface area contributed by atoms with Crippen molar-refractivity contribution in [2.24, 2.45) is 5.41 Å². The van der Waals surface area contributed by atoms with Crippen LogP contribution in [0.15, 0.2) is 0 Å². The molecule has 1 aromatic rings. The molecule has 7 nitrogen and oxygen atoms in total. The molecule has 0 saturated heterocycles. The summed E-state index contributed by atoms with van der Waals surface area (Å²) in [7, 11) is 1.92. The molecule has 0 aliphatic heterocycles. The molecular weight excluding hydrogens is 234 g/mol. The van der Waals surface area contributed by atoms with Gasteiger partial charge in [0.05, 0.1) is 25.8 Å². The van der Waals surface area contributed by atoms with Gasteiger partial charge in [-0.2, -0.15) is 0 Å². The first-order valence-corrected chi connectivity index (χ1v) is 6.09. The van der Waals surface area contributed by atoms with Crippen LogP contribution in [0.25, 0.3) is 0 Å². The highest BCUT2D eigenvalue weighted by atomic mass is 16.3. The van der Waals surface area contributed by atoms with Gasteiger partial charge in [0.1, 0.15) is 0 Å². The fourth-order valence-corrected chi connectivity index (χ4v) is 1.82. The Bertz CT molecular complexity index is 362. The second-order valence-electron chi connectivity index (χ2n) is 5.43. The highest BCUT2D eigenvalue weighted by molar-refractivity contribution is 4.84. The molecule has 7 heteroatoms. The average Bonchev–Trinajstić information content (AvgIpc) is 2.76. The molecule has 0 amide bonds. The molecule has 0 radical (unpaired) electrons. The van der Waals surface area contributed by atoms with Gasteiger partial charge in [-0.1, -0.05) is 6.92 Å². The molecule has 1 rings (SSSR count). The number of aromatic nitrogens is 4. The fourth-order valence-electron chi connectivity index (χ4n) is 1.82. The number of rotatable bonds is 7. The van der Waals surface area contributed by atoms with Crippen LogP contribution < -0.4 is 0 Å². The predicted molar refractivity (Wildman–Crippen MR) is 66.8 cm³/mol. The van der Waals surface area contributed by atoms with Crippen molar-refractivity contribution in [1.29, 1.82) is 0 Å². The highest BCUT2D eigenvalue weighted by Crippen LogP contribution is 2.16. The van der Waals surface area contributed by atoms with Crippen LogP contribution in [-0.2, 0) is 6.54 Å². The Kier molecular flexibility index (Phi) is 5.18. The van der Waals surface area contributed by atoms with E-state index in [4.69, 9.17) is 0 Å². The smallest absolute Gasteiger partial charge is 0.165 e. The summed E-state index contributed by atoms with van der Waals surface area (Å²) < 4.78 is 1.77. The Labute approximate surface area is 107 Å². The van der Waals surface area contributed by atoms with Crippen molar-refractivity contribution >= 4 is 0 Å². The predicted octanol–water partition coefficient (Wildman–Crippen LogP) is -0.323. The average molecular weight is 257 g/mol. The summed E-state index contributed by atoms with van der Waals surface area (Å²) in [5, 5.41) is 30.1. The molecule has 0 bridgehead atoms. The van der Waals surface area contributed by atoms with Gasteiger partial charge >= 0.3 is 0 Å². The van der Waals surface area contributed by atoms with Gasteiger partial charge in [-0.05, 0) is 31.3 Å². The van der Waals surface area contributed by atoms with E-state index in [0.717, 1.165) is 5.82 Å². The Balaban J connectivity index is 2.64. The minimum Gasteiger partial charge on any atom is -0.396 e. The largest absolute Gasteiger partial charge is 0.396 e. The quantitative estimate of drug-likeness (QED) is 0.696. The van der Waals surface area contributed by atoms with Crippen molar-refractivity contribution in [2.45, 2.75) is 33.4 Å². The zero-order valence-electron chi connectivity index (χ0n) is 11.5. The minimum absolute atomic E-state index is 0.0526. The van der Waals surface area contributed by atoms with Gasteiger partial charge in [0.25, 0.3) is 0 Å². The second kappa shape index (κ2) is 6.21. The van der Waals surface area contributed by atoms with Crippen LogP contribution in [0.3, 0.4) is 0 Å². The summed E-state index contributed by atoms with van der Waals surface area (Å²) in [6, 6.07) is 0.213. The van der Waals surface area contributed by atoms with E-state index < -0.39 is 5.41 Å². The topological polar surface area (TPSA) is 87.3 Å². The molecule has 18 heavy (non-hydrogen) atoms. The first-order valence-electron chi connectivity index (χ1n) is 6.09. The van der Waals surface area contributed by atoms with Crippen LogP contribution in [0.2, 0.25) is 0 Å². The SMILES string of the molecule is CC(C)n1nnnc1CN(C)CC(C)(CO)CO. The minimum atomic E-state index is -0.509. The lowest BCUT2D eigenvalue weighted by Gasteiger charge is -2.30. The Morgan fingerprint density at radius 3 is 2.44 bits per heavy atom. The second-order valence-corrected chi connectivity index (χ2v) is 5.43. The van der Waals surface area contributed by atoms with Gasteiger partial charge in [-0.25, -0.2) is 4.68 Å². The van der Waals surface area contributed by atoms with Crippen LogP contribution in [0.4, 0.5) is 0 Å². The summed E-state index contributed by atoms with van der Waals surface area (Å²) in [5.74, 6) is 0.783. The van der Waals surface area contributed by atoms with Crippen molar-refractivity contribution < 1.29 is 10.2 Å². The van der Waals surface area contributed by atoms with E-state index in [2.05, 4.69) is 15.5 Å². The maximum absolute atomic E-state index is 9.27. The number of aliphatic hydroxyl groups is 2. The molecule has 0 aliphatic carbocycles. The van der Waals surface area contributed by atoms with Gasteiger partial charge in [0.2, 0.25) is 0 Å². The van der Waals surface area contributed by atoms with Gasteiger partial charge in [-0.15, -0.1) is 5.10 Å². The fraction of sp³-hybridized carbons (Fsp3) is 0.909. The third-order valence-electron chi connectivity index (χ3n) is 2.88. The summed E-state index contributed by atoms with van der Waals surface area (Å²) in [4.78, 5) is 2.00. The molecule has 1 aromatic heterocycles. The molecule has 2 N–H and O–H groups in total. The first kappa shape index (κ1) is 15.0. The van der Waals surface area contributed by atoms with Gasteiger partial charge in [0.15, 0.2) is 5.82 Å². The van der Waals surface area contributed by atoms with E-state index in [1.165, 1.54) is 0 Å². The van der Waals surface area contributed by atoms with E-state index >= 15 is 0 Å². The van der Waals surface area contributed by atoms with E-state index in [9.17, 15) is 10.2 Å². The third kappa shape index (κ3) is 3.72. The number of nitrogens with zero attached hydrogens (tertiary/aromatic N) is 5. The zero-order chi connectivity index (χ0) is 13.8. The zero-order valence-corrected chi connectivity index (χ0v) is 11.5. The molecule has 0 unspecified atom stereocenters. The molecule has 0 spiro atoms. The summed E-state index contributed by atoms with van der Waals surface area (Å²) in [5.41, 5.74) is -0.509. The normalized spacial score (nSPS) is 12.7. The molecule has 0 aromatic carbocycles. The van der Waals surface area contributed by atoms with Crippen LogP contribution in [0.5, 0.6) is 0 Å². The van der Waals surface area contributed by atoms with Crippen molar-refractivity contribution in [3.63, 3.8) is 0 Å². The number of hydrogen-bond acceptors (Lipinski definition) is 6. The third-order valence-corrected chi connectivity index (χ3v) is 2.88. The lowest BCUT2D eigenvalue weighted by Crippen LogP contribution is -2.39. The Hall–Kier alpha value is -1.05. The van der Waals surface area contributed by atoms with E-state index in [1.807, 2.05) is 32.7 Å². The van der Waals surface area contributed by atoms with Crippen molar-refractivity contribution in [2.75, 3.05) is 26.8 Å². The van der Waals surface area contributed by atoms with Gasteiger partial charge in [0, 0.05) is 12.0 Å². The van der Waals surface area contributed by atoms with Gasteiger partial charge in [-0.3, -0.25) is 4.90 Å². The first-order chi connectivity index (χ1) is 8.41. The van der Waals surface area contributed by atoms with E-state index in [-0.39, 0.29) is 19.3 Å². The van der Waals surface area contributed by atoms with Gasteiger partial charge < -0.3 is 10.2 Å².